The van der Waals surface area contributed by atoms with Crippen molar-refractivity contribution in [2.75, 3.05) is 28.7 Å². The third kappa shape index (κ3) is 7.69. The van der Waals surface area contributed by atoms with Gasteiger partial charge in [-0.1, -0.05) is 51.2 Å². The molecule has 0 saturated carbocycles. The summed E-state index contributed by atoms with van der Waals surface area (Å²) in [7, 11) is -2.02. The van der Waals surface area contributed by atoms with Gasteiger partial charge in [0.15, 0.2) is 0 Å². The summed E-state index contributed by atoms with van der Waals surface area (Å²) in [5.41, 5.74) is 1.34. The number of amides is 1. The molecule has 0 saturated heterocycles. The van der Waals surface area contributed by atoms with Crippen LogP contribution in [0.1, 0.15) is 55.8 Å². The molecule has 164 valence electrons. The van der Waals surface area contributed by atoms with E-state index in [9.17, 15) is 13.2 Å². The second-order valence-electron chi connectivity index (χ2n) is 7.34. The van der Waals surface area contributed by atoms with Crippen molar-refractivity contribution in [3.8, 4) is 0 Å². The summed E-state index contributed by atoms with van der Waals surface area (Å²) in [4.78, 5) is 13.9. The summed E-state index contributed by atoms with van der Waals surface area (Å²) in [6.07, 6.45) is 8.87. The zero-order valence-electron chi connectivity index (χ0n) is 18.1. The minimum absolute atomic E-state index is 0.312. The number of hydrogen-bond donors (Lipinski definition) is 1. The Morgan fingerprint density at radius 2 is 1.60 bits per heavy atom. The maximum Gasteiger partial charge on any atom is 0.257 e. The Labute approximate surface area is 185 Å². The van der Waals surface area contributed by atoms with E-state index in [-0.39, 0.29) is 5.91 Å². The number of thioether (sulfide) groups is 1. The van der Waals surface area contributed by atoms with Gasteiger partial charge in [-0.25, -0.2) is 8.42 Å². The molecule has 0 aliphatic carbocycles. The highest BCUT2D eigenvalue weighted by molar-refractivity contribution is 7.99. The van der Waals surface area contributed by atoms with Crippen LogP contribution >= 0.6 is 11.8 Å². The fourth-order valence-corrected chi connectivity index (χ4v) is 4.45. The molecule has 0 fully saturated rings. The molecule has 7 heteroatoms. The first kappa shape index (κ1) is 24.3. The first-order valence-electron chi connectivity index (χ1n) is 10.4. The van der Waals surface area contributed by atoms with Crippen LogP contribution in [0.3, 0.4) is 0 Å². The SMILES string of the molecule is CCCCCCCCSc1ccc(NC(=O)c2ccccc2N(C)S(C)(=O)=O)cc1. The zero-order valence-corrected chi connectivity index (χ0v) is 19.7. The van der Waals surface area contributed by atoms with Crippen LogP contribution in [0.4, 0.5) is 11.4 Å². The number of sulfonamides is 1. The molecular weight excluding hydrogens is 416 g/mol. The first-order valence-corrected chi connectivity index (χ1v) is 13.2. The number of carbonyl (C=O) groups excluding carboxylic acids is 1. The van der Waals surface area contributed by atoms with Gasteiger partial charge < -0.3 is 5.32 Å². The third-order valence-corrected chi connectivity index (χ3v) is 7.15. The van der Waals surface area contributed by atoms with E-state index in [1.165, 1.54) is 50.5 Å². The third-order valence-electron chi connectivity index (χ3n) is 4.86. The van der Waals surface area contributed by atoms with Crippen LogP contribution in [0.5, 0.6) is 0 Å². The Balaban J connectivity index is 1.91. The lowest BCUT2D eigenvalue weighted by molar-refractivity contribution is 0.102. The molecule has 2 aromatic rings. The molecule has 30 heavy (non-hydrogen) atoms. The van der Waals surface area contributed by atoms with E-state index in [0.717, 1.165) is 16.3 Å². The summed E-state index contributed by atoms with van der Waals surface area (Å²) in [6, 6.07) is 14.4. The molecule has 5 nitrogen and oxygen atoms in total. The number of hydrogen-bond acceptors (Lipinski definition) is 4. The summed E-state index contributed by atoms with van der Waals surface area (Å²) in [5.74, 6) is 0.761. The fourth-order valence-electron chi connectivity index (χ4n) is 3.02. The van der Waals surface area contributed by atoms with Gasteiger partial charge in [0, 0.05) is 17.6 Å². The van der Waals surface area contributed by atoms with Gasteiger partial charge in [-0.15, -0.1) is 11.8 Å². The number of nitrogens with one attached hydrogen (secondary N) is 1. The van der Waals surface area contributed by atoms with Crippen molar-refractivity contribution in [1.82, 2.24) is 0 Å². The van der Waals surface area contributed by atoms with Crippen molar-refractivity contribution in [3.05, 3.63) is 54.1 Å². The second kappa shape index (κ2) is 12.0. The van der Waals surface area contributed by atoms with Gasteiger partial charge in [0.05, 0.1) is 17.5 Å². The Bertz CT molecular complexity index is 912. The highest BCUT2D eigenvalue weighted by atomic mass is 32.2. The van der Waals surface area contributed by atoms with E-state index in [1.54, 1.807) is 24.3 Å². The average molecular weight is 449 g/mol. The average Bonchev–Trinajstić information content (AvgIpc) is 2.73. The largest absolute Gasteiger partial charge is 0.322 e. The second-order valence-corrected chi connectivity index (χ2v) is 10.5. The fraction of sp³-hybridized carbons (Fsp3) is 0.435. The topological polar surface area (TPSA) is 66.5 Å². The Hall–Kier alpha value is -1.99. The molecule has 0 aromatic heterocycles. The van der Waals surface area contributed by atoms with Crippen LogP contribution in [0.25, 0.3) is 0 Å². The minimum atomic E-state index is -3.46. The lowest BCUT2D eigenvalue weighted by atomic mass is 10.1. The molecule has 1 N–H and O–H groups in total. The number of unbranched alkanes of at least 4 members (excludes halogenated alkanes) is 5. The zero-order chi connectivity index (χ0) is 22.0. The summed E-state index contributed by atoms with van der Waals surface area (Å²) in [6.45, 7) is 2.23. The standard InChI is InChI=1S/C23H32N2O3S2/c1-4-5-6-7-8-11-18-29-20-16-14-19(15-17-20)24-23(26)21-12-9-10-13-22(21)25(2)30(3,27)28/h9-10,12-17H,4-8,11,18H2,1-3H3,(H,24,26). The van der Waals surface area contributed by atoms with Crippen LogP contribution in [0.15, 0.2) is 53.4 Å². The van der Waals surface area contributed by atoms with Gasteiger partial charge >= 0.3 is 0 Å². The number of nitrogens with zero attached hydrogens (tertiary/aromatic N) is 1. The number of anilines is 2. The number of carbonyl (C=O) groups is 1. The predicted octanol–water partition coefficient (Wildman–Crippen LogP) is 5.79. The molecule has 1 amide bonds. The van der Waals surface area contributed by atoms with E-state index in [4.69, 9.17) is 0 Å². The van der Waals surface area contributed by atoms with Crippen molar-refractivity contribution in [1.29, 1.82) is 0 Å². The monoisotopic (exact) mass is 448 g/mol. The van der Waals surface area contributed by atoms with Crippen LogP contribution in [0, 0.1) is 0 Å². The van der Waals surface area contributed by atoms with Crippen molar-refractivity contribution in [2.24, 2.45) is 0 Å². The number of para-hydroxylation sites is 1. The van der Waals surface area contributed by atoms with E-state index < -0.39 is 10.0 Å². The minimum Gasteiger partial charge on any atom is -0.322 e. The molecule has 0 heterocycles. The molecule has 0 unspecified atom stereocenters. The first-order chi connectivity index (χ1) is 14.3. The van der Waals surface area contributed by atoms with Gasteiger partial charge in [-0.2, -0.15) is 0 Å². The van der Waals surface area contributed by atoms with Crippen LogP contribution in [-0.2, 0) is 10.0 Å². The predicted molar refractivity (Wildman–Crippen MR) is 128 cm³/mol. The van der Waals surface area contributed by atoms with Gasteiger partial charge in [0.2, 0.25) is 10.0 Å². The van der Waals surface area contributed by atoms with Crippen molar-refractivity contribution in [3.63, 3.8) is 0 Å². The van der Waals surface area contributed by atoms with Crippen LogP contribution in [-0.4, -0.2) is 33.4 Å². The maximum atomic E-state index is 12.7. The van der Waals surface area contributed by atoms with E-state index >= 15 is 0 Å². The van der Waals surface area contributed by atoms with Gasteiger partial charge in [0.1, 0.15) is 0 Å². The van der Waals surface area contributed by atoms with Gasteiger partial charge in [-0.05, 0) is 48.6 Å². The van der Waals surface area contributed by atoms with Crippen LogP contribution in [0.2, 0.25) is 0 Å². The molecular formula is C23H32N2O3S2. The van der Waals surface area contributed by atoms with E-state index in [2.05, 4.69) is 12.2 Å². The highest BCUT2D eigenvalue weighted by Crippen LogP contribution is 2.25. The molecule has 2 rings (SSSR count). The number of benzene rings is 2. The molecule has 0 radical (unpaired) electrons. The van der Waals surface area contributed by atoms with Crippen molar-refractivity contribution in [2.45, 2.75) is 50.3 Å². The quantitative estimate of drug-likeness (QED) is 0.330. The molecule has 0 spiro atoms. The van der Waals surface area contributed by atoms with Crippen LogP contribution < -0.4 is 9.62 Å². The summed E-state index contributed by atoms with van der Waals surface area (Å²) < 4.78 is 24.9. The van der Waals surface area contributed by atoms with Crippen molar-refractivity contribution < 1.29 is 13.2 Å². The highest BCUT2D eigenvalue weighted by Gasteiger charge is 2.19. The molecule has 2 aromatic carbocycles. The molecule has 0 aliphatic heterocycles. The summed E-state index contributed by atoms with van der Waals surface area (Å²) in [5, 5.41) is 2.86. The molecule has 0 bridgehead atoms. The lowest BCUT2D eigenvalue weighted by Gasteiger charge is -2.19. The Morgan fingerprint density at radius 1 is 0.967 bits per heavy atom. The van der Waals surface area contributed by atoms with Crippen molar-refractivity contribution >= 4 is 39.1 Å². The van der Waals surface area contributed by atoms with Gasteiger partial charge in [-0.3, -0.25) is 9.10 Å². The molecule has 0 atom stereocenters. The smallest absolute Gasteiger partial charge is 0.257 e. The normalized spacial score (nSPS) is 11.3. The Morgan fingerprint density at radius 3 is 2.27 bits per heavy atom. The number of rotatable bonds is 12. The van der Waals surface area contributed by atoms with E-state index in [0.29, 0.717) is 16.9 Å². The molecule has 0 aliphatic rings. The maximum absolute atomic E-state index is 12.7. The lowest BCUT2D eigenvalue weighted by Crippen LogP contribution is -2.27. The van der Waals surface area contributed by atoms with Gasteiger partial charge in [0.25, 0.3) is 5.91 Å². The Kier molecular flexibility index (Phi) is 9.72. The summed E-state index contributed by atoms with van der Waals surface area (Å²) >= 11 is 1.83. The van der Waals surface area contributed by atoms with E-state index in [1.807, 2.05) is 36.0 Å².